The molecule has 0 saturated carbocycles. The Morgan fingerprint density at radius 3 is 2.71 bits per heavy atom. The van der Waals surface area contributed by atoms with Crippen molar-refractivity contribution in [3.05, 3.63) is 68.6 Å². The van der Waals surface area contributed by atoms with Gasteiger partial charge in [-0.05, 0) is 29.8 Å². The van der Waals surface area contributed by atoms with Crippen molar-refractivity contribution in [2.75, 3.05) is 13.7 Å². The number of nitrogens with zero attached hydrogens (tertiary/aromatic N) is 2. The van der Waals surface area contributed by atoms with Crippen molar-refractivity contribution >= 4 is 51.9 Å². The average Bonchev–Trinajstić information content (AvgIpc) is 2.99. The van der Waals surface area contributed by atoms with Crippen molar-refractivity contribution in [3.8, 4) is 11.5 Å². The normalized spacial score (nSPS) is 14.7. The summed E-state index contributed by atoms with van der Waals surface area (Å²) in [6, 6.07) is 11.2. The number of hydrogen-bond donors (Lipinski definition) is 1. The van der Waals surface area contributed by atoms with Gasteiger partial charge < -0.3 is 14.6 Å². The van der Waals surface area contributed by atoms with Gasteiger partial charge in [-0.25, -0.2) is 0 Å². The second kappa shape index (κ2) is 9.58. The maximum absolute atomic E-state index is 12.4. The fourth-order valence-electron chi connectivity index (χ4n) is 2.78. The van der Waals surface area contributed by atoms with Crippen molar-refractivity contribution in [3.63, 3.8) is 0 Å². The van der Waals surface area contributed by atoms with E-state index < -0.39 is 23.3 Å². The van der Waals surface area contributed by atoms with E-state index >= 15 is 0 Å². The Kier molecular flexibility index (Phi) is 6.88. The zero-order valence-corrected chi connectivity index (χ0v) is 17.8. The van der Waals surface area contributed by atoms with Crippen molar-refractivity contribution < 1.29 is 29.1 Å². The van der Waals surface area contributed by atoms with Gasteiger partial charge in [0, 0.05) is 6.07 Å². The second-order valence-corrected chi connectivity index (χ2v) is 7.92. The lowest BCUT2D eigenvalue weighted by molar-refractivity contribution is -0.385. The lowest BCUT2D eigenvalue weighted by Gasteiger charge is -2.12. The summed E-state index contributed by atoms with van der Waals surface area (Å²) in [4.78, 5) is 35.3. The Morgan fingerprint density at radius 1 is 1.29 bits per heavy atom. The smallest absolute Gasteiger partial charge is 0.323 e. The van der Waals surface area contributed by atoms with Crippen LogP contribution >= 0.6 is 24.0 Å². The fraction of sp³-hybridized carbons (Fsp3) is 0.150. The van der Waals surface area contributed by atoms with Crippen molar-refractivity contribution in [1.29, 1.82) is 0 Å². The third kappa shape index (κ3) is 5.19. The number of rotatable bonds is 8. The minimum atomic E-state index is -1.15. The molecule has 0 bridgehead atoms. The first-order valence-electron chi connectivity index (χ1n) is 8.80. The number of thioether (sulfide) groups is 1. The molecule has 11 heteroatoms. The van der Waals surface area contributed by atoms with Crippen LogP contribution < -0.4 is 9.47 Å². The monoisotopic (exact) mass is 460 g/mol. The Hall–Kier alpha value is -3.44. The molecule has 0 aliphatic carbocycles. The lowest BCUT2D eigenvalue weighted by Crippen LogP contribution is -2.33. The molecule has 1 saturated heterocycles. The molecule has 0 radical (unpaired) electrons. The zero-order chi connectivity index (χ0) is 22.5. The van der Waals surface area contributed by atoms with Crippen molar-refractivity contribution in [2.45, 2.75) is 6.61 Å². The largest absolute Gasteiger partial charge is 0.493 e. The van der Waals surface area contributed by atoms with Gasteiger partial charge in [-0.2, -0.15) is 0 Å². The maximum Gasteiger partial charge on any atom is 0.323 e. The van der Waals surface area contributed by atoms with Gasteiger partial charge in [0.05, 0.1) is 22.5 Å². The number of nitro benzene ring substituents is 1. The molecule has 0 unspecified atom stereocenters. The SMILES string of the molecule is COc1cc(C=C2SC(=S)N(CC(=O)O)C2=O)ccc1OCc1ccccc1[N+](=O)[O-]. The minimum Gasteiger partial charge on any atom is -0.493 e. The van der Waals surface area contributed by atoms with Crippen LogP contribution in [0.2, 0.25) is 0 Å². The second-order valence-electron chi connectivity index (χ2n) is 6.25. The summed E-state index contributed by atoms with van der Waals surface area (Å²) in [5, 5.41) is 20.1. The Morgan fingerprint density at radius 2 is 2.03 bits per heavy atom. The summed E-state index contributed by atoms with van der Waals surface area (Å²) in [5.74, 6) is -0.892. The van der Waals surface area contributed by atoms with E-state index in [-0.39, 0.29) is 16.6 Å². The van der Waals surface area contributed by atoms with Gasteiger partial charge in [0.2, 0.25) is 0 Å². The van der Waals surface area contributed by atoms with E-state index in [2.05, 4.69) is 0 Å². The first kappa shape index (κ1) is 22.2. The topological polar surface area (TPSA) is 119 Å². The molecule has 0 spiro atoms. The summed E-state index contributed by atoms with van der Waals surface area (Å²) in [6.07, 6.45) is 1.58. The van der Waals surface area contributed by atoms with Crippen molar-refractivity contribution in [1.82, 2.24) is 4.90 Å². The zero-order valence-electron chi connectivity index (χ0n) is 16.1. The molecule has 0 atom stereocenters. The maximum atomic E-state index is 12.4. The summed E-state index contributed by atoms with van der Waals surface area (Å²) in [6.45, 7) is -0.523. The number of carbonyl (C=O) groups is 2. The van der Waals surface area contributed by atoms with Gasteiger partial charge in [-0.1, -0.05) is 42.2 Å². The number of ether oxygens (including phenoxy) is 2. The van der Waals surface area contributed by atoms with E-state index in [1.807, 2.05) is 0 Å². The number of carboxylic acids is 1. The molecule has 31 heavy (non-hydrogen) atoms. The summed E-state index contributed by atoms with van der Waals surface area (Å²) in [7, 11) is 1.45. The standard InChI is InChI=1S/C20H16N2O7S2/c1-28-16-8-12(9-17-19(25)21(10-18(23)24)20(30)31-17)6-7-15(16)29-11-13-4-2-3-5-14(13)22(26)27/h2-9H,10-11H2,1H3,(H,23,24). The molecule has 160 valence electrons. The molecule has 2 aromatic carbocycles. The number of carbonyl (C=O) groups excluding carboxylic acids is 1. The van der Waals surface area contributed by atoms with Gasteiger partial charge in [0.25, 0.3) is 11.6 Å². The molecule has 2 aromatic rings. The first-order chi connectivity index (χ1) is 14.8. The molecule has 3 rings (SSSR count). The number of para-hydroxylation sites is 1. The molecule has 1 N–H and O–H groups in total. The minimum absolute atomic E-state index is 0.0271. The first-order valence-corrected chi connectivity index (χ1v) is 10.0. The molecule has 1 aliphatic rings. The highest BCUT2D eigenvalue weighted by molar-refractivity contribution is 8.26. The van der Waals surface area contributed by atoms with E-state index in [4.69, 9.17) is 26.8 Å². The lowest BCUT2D eigenvalue weighted by atomic mass is 10.1. The van der Waals surface area contributed by atoms with E-state index in [9.17, 15) is 19.7 Å². The average molecular weight is 460 g/mol. The van der Waals surface area contributed by atoms with Crippen molar-refractivity contribution in [2.24, 2.45) is 0 Å². The highest BCUT2D eigenvalue weighted by atomic mass is 32.2. The number of aliphatic carboxylic acids is 1. The molecule has 1 aliphatic heterocycles. The highest BCUT2D eigenvalue weighted by Gasteiger charge is 2.33. The number of thiocarbonyl (C=S) groups is 1. The number of carboxylic acid groups (broad SMARTS) is 1. The van der Waals surface area contributed by atoms with Gasteiger partial charge in [0.15, 0.2) is 11.5 Å². The number of nitro groups is 1. The Balaban J connectivity index is 1.79. The van der Waals surface area contributed by atoms with E-state index in [0.29, 0.717) is 27.5 Å². The van der Waals surface area contributed by atoms with Crippen LogP contribution in [-0.2, 0) is 16.2 Å². The summed E-state index contributed by atoms with van der Waals surface area (Å²) < 4.78 is 11.2. The molecular formula is C20H16N2O7S2. The van der Waals surface area contributed by atoms with E-state index in [0.717, 1.165) is 16.7 Å². The predicted molar refractivity (Wildman–Crippen MR) is 118 cm³/mol. The fourth-order valence-corrected chi connectivity index (χ4v) is 4.04. The van der Waals surface area contributed by atoms with Crippen LogP contribution in [0.15, 0.2) is 47.4 Å². The third-order valence-corrected chi connectivity index (χ3v) is 5.60. The molecular weight excluding hydrogens is 444 g/mol. The van der Waals surface area contributed by atoms with E-state index in [1.165, 1.54) is 13.2 Å². The molecule has 1 fully saturated rings. The molecule has 0 aromatic heterocycles. The van der Waals surface area contributed by atoms with Gasteiger partial charge in [0.1, 0.15) is 17.5 Å². The van der Waals surface area contributed by atoms with Crippen LogP contribution in [-0.4, -0.2) is 44.8 Å². The van der Waals surface area contributed by atoms with Crippen LogP contribution in [0.5, 0.6) is 11.5 Å². The van der Waals surface area contributed by atoms with Crippen LogP contribution in [0.3, 0.4) is 0 Å². The number of methoxy groups -OCH3 is 1. The number of amides is 1. The quantitative estimate of drug-likeness (QED) is 0.273. The Bertz CT molecular complexity index is 1100. The number of hydrogen-bond acceptors (Lipinski definition) is 8. The van der Waals surface area contributed by atoms with Crippen LogP contribution in [0.25, 0.3) is 6.08 Å². The van der Waals surface area contributed by atoms with Gasteiger partial charge >= 0.3 is 5.97 Å². The third-order valence-electron chi connectivity index (χ3n) is 4.22. The predicted octanol–water partition coefficient (Wildman–Crippen LogP) is 3.47. The molecule has 1 amide bonds. The van der Waals surface area contributed by atoms with Gasteiger partial charge in [-0.15, -0.1) is 0 Å². The Labute approximate surface area is 186 Å². The summed E-state index contributed by atoms with van der Waals surface area (Å²) in [5.41, 5.74) is 0.993. The van der Waals surface area contributed by atoms with Crippen LogP contribution in [0.4, 0.5) is 5.69 Å². The molecule has 9 nitrogen and oxygen atoms in total. The van der Waals surface area contributed by atoms with Crippen LogP contribution in [0, 0.1) is 10.1 Å². The summed E-state index contributed by atoms with van der Waals surface area (Å²) >= 11 is 6.10. The molecule has 1 heterocycles. The number of benzene rings is 2. The highest BCUT2D eigenvalue weighted by Crippen LogP contribution is 2.35. The van der Waals surface area contributed by atoms with Crippen LogP contribution in [0.1, 0.15) is 11.1 Å². The van der Waals surface area contributed by atoms with E-state index in [1.54, 1.807) is 42.5 Å². The van der Waals surface area contributed by atoms with Gasteiger partial charge in [-0.3, -0.25) is 24.6 Å².